The highest BCUT2D eigenvalue weighted by Gasteiger charge is 2.20. The van der Waals surface area contributed by atoms with E-state index in [0.717, 1.165) is 11.3 Å². The Hall–Kier alpha value is -2.16. The fourth-order valence-electron chi connectivity index (χ4n) is 1.13. The Morgan fingerprint density at radius 2 is 2.06 bits per heavy atom. The molecule has 8 nitrogen and oxygen atoms in total. The lowest BCUT2D eigenvalue weighted by atomic mass is 10.3. The maximum Gasteiger partial charge on any atom is 0.356 e. The summed E-state index contributed by atoms with van der Waals surface area (Å²) in [7, 11) is 0. The number of amides is 2. The molecular formula is C9H12N4O4S. The first-order chi connectivity index (χ1) is 8.41. The molecule has 0 aliphatic carbocycles. The summed E-state index contributed by atoms with van der Waals surface area (Å²) in [5.74, 6) is -1.60. The number of carbonyl (C=O) groups is 3. The van der Waals surface area contributed by atoms with Crippen LogP contribution in [0.1, 0.15) is 27.1 Å². The van der Waals surface area contributed by atoms with Crippen molar-refractivity contribution in [3.63, 3.8) is 0 Å². The normalized spacial score (nSPS) is 9.83. The van der Waals surface area contributed by atoms with Gasteiger partial charge >= 0.3 is 12.0 Å². The van der Waals surface area contributed by atoms with E-state index in [2.05, 4.69) is 15.6 Å². The van der Waals surface area contributed by atoms with E-state index in [1.807, 2.05) is 0 Å². The van der Waals surface area contributed by atoms with Gasteiger partial charge in [0, 0.05) is 20.0 Å². The number of carboxylic acid groups (broad SMARTS) is 1. The van der Waals surface area contributed by atoms with Crippen LogP contribution in [0.3, 0.4) is 0 Å². The fourth-order valence-corrected chi connectivity index (χ4v) is 2.01. The van der Waals surface area contributed by atoms with E-state index in [4.69, 9.17) is 10.8 Å². The SMILES string of the molecule is CC(=O)c1sc(NCCNC(N)=O)nc1C(=O)O. The Morgan fingerprint density at radius 1 is 1.39 bits per heavy atom. The Labute approximate surface area is 106 Å². The largest absolute Gasteiger partial charge is 0.476 e. The molecule has 0 aliphatic rings. The summed E-state index contributed by atoms with van der Waals surface area (Å²) < 4.78 is 0. The first kappa shape index (κ1) is 13.9. The second-order valence-electron chi connectivity index (χ2n) is 3.28. The van der Waals surface area contributed by atoms with Crippen molar-refractivity contribution < 1.29 is 19.5 Å². The maximum atomic E-state index is 11.2. The van der Waals surface area contributed by atoms with E-state index in [0.29, 0.717) is 11.7 Å². The van der Waals surface area contributed by atoms with Gasteiger partial charge in [0.25, 0.3) is 0 Å². The van der Waals surface area contributed by atoms with Crippen LogP contribution in [0.2, 0.25) is 0 Å². The van der Waals surface area contributed by atoms with Gasteiger partial charge in [-0.3, -0.25) is 4.79 Å². The summed E-state index contributed by atoms with van der Waals surface area (Å²) in [6.45, 7) is 1.87. The quantitative estimate of drug-likeness (QED) is 0.429. The fraction of sp³-hybridized carbons (Fsp3) is 0.333. The van der Waals surface area contributed by atoms with Crippen LogP contribution in [-0.4, -0.2) is 41.0 Å². The van der Waals surface area contributed by atoms with Crippen LogP contribution in [0.25, 0.3) is 0 Å². The molecule has 1 aromatic rings. The van der Waals surface area contributed by atoms with Gasteiger partial charge in [0.15, 0.2) is 16.6 Å². The molecule has 98 valence electrons. The molecule has 0 atom stereocenters. The first-order valence-corrected chi connectivity index (χ1v) is 5.75. The minimum Gasteiger partial charge on any atom is -0.476 e. The van der Waals surface area contributed by atoms with Gasteiger partial charge in [-0.2, -0.15) is 0 Å². The zero-order valence-corrected chi connectivity index (χ0v) is 10.3. The minimum absolute atomic E-state index is 0.0906. The molecule has 0 spiro atoms. The number of anilines is 1. The molecule has 0 fully saturated rings. The van der Waals surface area contributed by atoms with Gasteiger partial charge in [0.05, 0.1) is 0 Å². The summed E-state index contributed by atoms with van der Waals surface area (Å²) in [6.07, 6.45) is 0. The van der Waals surface area contributed by atoms with Gasteiger partial charge in [-0.25, -0.2) is 14.6 Å². The molecule has 0 bridgehead atoms. The molecular weight excluding hydrogens is 260 g/mol. The number of nitrogens with two attached hydrogens (primary N) is 1. The number of carbonyl (C=O) groups excluding carboxylic acids is 2. The number of Topliss-reactive ketones (excluding diaryl/α,β-unsaturated/α-hetero) is 1. The monoisotopic (exact) mass is 272 g/mol. The predicted molar refractivity (Wildman–Crippen MR) is 65.2 cm³/mol. The average Bonchev–Trinajstić information content (AvgIpc) is 2.68. The third kappa shape index (κ3) is 3.70. The van der Waals surface area contributed by atoms with Crippen LogP contribution in [0.5, 0.6) is 0 Å². The number of aromatic carboxylic acids is 1. The number of carboxylic acids is 1. The highest BCUT2D eigenvalue weighted by atomic mass is 32.1. The van der Waals surface area contributed by atoms with Crippen LogP contribution in [0.4, 0.5) is 9.93 Å². The van der Waals surface area contributed by atoms with E-state index < -0.39 is 12.0 Å². The molecule has 0 radical (unpaired) electrons. The molecule has 1 aromatic heterocycles. The maximum absolute atomic E-state index is 11.2. The van der Waals surface area contributed by atoms with Crippen LogP contribution in [-0.2, 0) is 0 Å². The zero-order valence-electron chi connectivity index (χ0n) is 9.52. The average molecular weight is 272 g/mol. The van der Waals surface area contributed by atoms with E-state index >= 15 is 0 Å². The molecule has 0 saturated carbocycles. The van der Waals surface area contributed by atoms with Crippen LogP contribution in [0, 0.1) is 0 Å². The van der Waals surface area contributed by atoms with Gasteiger partial charge < -0.3 is 21.5 Å². The molecule has 18 heavy (non-hydrogen) atoms. The lowest BCUT2D eigenvalue weighted by molar-refractivity contribution is 0.0687. The number of nitrogens with zero attached hydrogens (tertiary/aromatic N) is 1. The number of nitrogens with one attached hydrogen (secondary N) is 2. The zero-order chi connectivity index (χ0) is 13.7. The molecule has 0 aromatic carbocycles. The van der Waals surface area contributed by atoms with Crippen molar-refractivity contribution in [1.82, 2.24) is 10.3 Å². The molecule has 2 amide bonds. The van der Waals surface area contributed by atoms with Gasteiger partial charge in [-0.05, 0) is 0 Å². The van der Waals surface area contributed by atoms with Crippen LogP contribution >= 0.6 is 11.3 Å². The minimum atomic E-state index is -1.25. The summed E-state index contributed by atoms with van der Waals surface area (Å²) in [5, 5.41) is 14.3. The third-order valence-corrected chi connectivity index (χ3v) is 2.96. The molecule has 0 saturated heterocycles. The topological polar surface area (TPSA) is 134 Å². The smallest absolute Gasteiger partial charge is 0.356 e. The molecule has 0 aliphatic heterocycles. The van der Waals surface area contributed by atoms with Crippen LogP contribution < -0.4 is 16.4 Å². The number of rotatable bonds is 6. The van der Waals surface area contributed by atoms with Crippen molar-refractivity contribution in [2.75, 3.05) is 18.4 Å². The lowest BCUT2D eigenvalue weighted by Crippen LogP contribution is -2.33. The number of hydrogen-bond donors (Lipinski definition) is 4. The van der Waals surface area contributed by atoms with E-state index in [1.165, 1.54) is 6.92 Å². The van der Waals surface area contributed by atoms with Crippen LogP contribution in [0.15, 0.2) is 0 Å². The van der Waals surface area contributed by atoms with Crippen molar-refractivity contribution in [3.05, 3.63) is 10.6 Å². The number of hydrogen-bond acceptors (Lipinski definition) is 6. The second-order valence-corrected chi connectivity index (χ2v) is 4.27. The second kappa shape index (κ2) is 5.96. The molecule has 1 rings (SSSR count). The first-order valence-electron chi connectivity index (χ1n) is 4.94. The molecule has 9 heteroatoms. The highest BCUT2D eigenvalue weighted by molar-refractivity contribution is 7.17. The van der Waals surface area contributed by atoms with E-state index in [1.54, 1.807) is 0 Å². The van der Waals surface area contributed by atoms with Gasteiger partial charge in [0.1, 0.15) is 4.88 Å². The highest BCUT2D eigenvalue weighted by Crippen LogP contribution is 2.23. The summed E-state index contributed by atoms with van der Waals surface area (Å²) in [4.78, 5) is 36.3. The number of aromatic nitrogens is 1. The Balaban J connectivity index is 2.67. The lowest BCUT2D eigenvalue weighted by Gasteiger charge is -2.02. The predicted octanol–water partition coefficient (Wildman–Crippen LogP) is 0.124. The van der Waals surface area contributed by atoms with E-state index in [9.17, 15) is 14.4 Å². The number of urea groups is 1. The number of ketones is 1. The molecule has 0 unspecified atom stereocenters. The Kier molecular flexibility index (Phi) is 4.60. The number of primary amides is 1. The van der Waals surface area contributed by atoms with E-state index in [-0.39, 0.29) is 22.9 Å². The van der Waals surface area contributed by atoms with Crippen molar-refractivity contribution >= 4 is 34.3 Å². The van der Waals surface area contributed by atoms with Crippen molar-refractivity contribution in [1.29, 1.82) is 0 Å². The summed E-state index contributed by atoms with van der Waals surface area (Å²) in [5.41, 5.74) is 4.60. The standard InChI is InChI=1S/C9H12N4O4S/c1-4(14)6-5(7(15)16)13-9(18-6)12-3-2-11-8(10)17/h2-3H2,1H3,(H,12,13)(H,15,16)(H3,10,11,17). The van der Waals surface area contributed by atoms with Gasteiger partial charge in [0.2, 0.25) is 0 Å². The molecule has 5 N–H and O–H groups in total. The van der Waals surface area contributed by atoms with Crippen molar-refractivity contribution in [2.24, 2.45) is 5.73 Å². The summed E-state index contributed by atoms with van der Waals surface area (Å²) in [6, 6.07) is -0.647. The Morgan fingerprint density at radius 3 is 2.50 bits per heavy atom. The summed E-state index contributed by atoms with van der Waals surface area (Å²) >= 11 is 0.958. The van der Waals surface area contributed by atoms with Crippen molar-refractivity contribution in [3.8, 4) is 0 Å². The third-order valence-electron chi connectivity index (χ3n) is 1.85. The number of thiazole rings is 1. The van der Waals surface area contributed by atoms with Gasteiger partial charge in [-0.1, -0.05) is 11.3 Å². The Bertz CT molecular complexity index is 453. The van der Waals surface area contributed by atoms with Crippen molar-refractivity contribution in [2.45, 2.75) is 6.92 Å². The molecule has 1 heterocycles. The van der Waals surface area contributed by atoms with Gasteiger partial charge in [-0.15, -0.1) is 0 Å².